The molecule has 1 aliphatic carbocycles. The molecular formula is C18H29NO3. The number of carbonyl (C=O) groups is 1. The van der Waals surface area contributed by atoms with Crippen LogP contribution in [0, 0.1) is 21.2 Å². The number of Topliss-reactive ketones (excluding diaryl/α,β-unsaturated/α-hetero) is 1. The number of rotatable bonds is 2. The summed E-state index contributed by atoms with van der Waals surface area (Å²) in [6.07, 6.45) is 3.73. The molecule has 4 nitrogen and oxygen atoms in total. The first-order chi connectivity index (χ1) is 9.67. The Morgan fingerprint density at radius 3 is 1.77 bits per heavy atom. The Hall–Kier alpha value is -1.45. The third-order valence-electron chi connectivity index (χ3n) is 4.21. The number of allylic oxidation sites excluding steroid dienone is 2. The molecule has 1 aliphatic rings. The molecule has 0 aromatic rings. The van der Waals surface area contributed by atoms with E-state index in [1.54, 1.807) is 6.08 Å². The van der Waals surface area contributed by atoms with E-state index >= 15 is 0 Å². The molecule has 0 aromatic carbocycles. The molecule has 0 heterocycles. The Morgan fingerprint density at radius 2 is 1.45 bits per heavy atom. The fraction of sp³-hybridized carbons (Fsp3) is 0.722. The second-order valence-corrected chi connectivity index (χ2v) is 9.14. The number of hydrogen-bond acceptors (Lipinski definition) is 4. The van der Waals surface area contributed by atoms with Crippen LogP contribution in [0.15, 0.2) is 28.6 Å². The Kier molecular flexibility index (Phi) is 4.50. The highest BCUT2D eigenvalue weighted by molar-refractivity contribution is 6.06. The average Bonchev–Trinajstić information content (AvgIpc) is 2.27. The van der Waals surface area contributed by atoms with E-state index in [1.165, 1.54) is 0 Å². The van der Waals surface area contributed by atoms with Crippen molar-refractivity contribution < 1.29 is 9.63 Å². The van der Waals surface area contributed by atoms with Gasteiger partial charge in [-0.15, -0.1) is 4.91 Å². The zero-order chi connectivity index (χ0) is 17.6. The minimum absolute atomic E-state index is 0.167. The van der Waals surface area contributed by atoms with Gasteiger partial charge in [0.05, 0.1) is 0 Å². The fourth-order valence-electron chi connectivity index (χ4n) is 2.56. The maximum Gasteiger partial charge on any atom is 0.226 e. The van der Waals surface area contributed by atoms with Crippen LogP contribution in [0.5, 0.6) is 0 Å². The molecule has 1 unspecified atom stereocenters. The van der Waals surface area contributed by atoms with Gasteiger partial charge in [0.15, 0.2) is 5.34 Å². The van der Waals surface area contributed by atoms with Gasteiger partial charge in [0.1, 0.15) is 0 Å². The first kappa shape index (κ1) is 18.6. The zero-order valence-corrected chi connectivity index (χ0v) is 15.3. The topological polar surface area (TPSA) is 55.7 Å². The Morgan fingerprint density at radius 1 is 0.955 bits per heavy atom. The van der Waals surface area contributed by atoms with Crippen molar-refractivity contribution >= 4 is 5.78 Å². The lowest BCUT2D eigenvalue weighted by Crippen LogP contribution is -2.53. The van der Waals surface area contributed by atoms with Gasteiger partial charge in [-0.2, -0.15) is 0 Å². The molecule has 0 radical (unpaired) electrons. The third kappa shape index (κ3) is 3.16. The van der Waals surface area contributed by atoms with Crippen molar-refractivity contribution in [2.75, 3.05) is 0 Å². The van der Waals surface area contributed by atoms with E-state index < -0.39 is 11.0 Å². The Balaban J connectivity index is 3.72. The van der Waals surface area contributed by atoms with E-state index in [1.807, 2.05) is 47.6 Å². The lowest BCUT2D eigenvalue weighted by Gasteiger charge is -2.43. The maximum absolute atomic E-state index is 13.2. The van der Waals surface area contributed by atoms with Gasteiger partial charge in [0.25, 0.3) is 0 Å². The number of nitrogens with zero attached hydrogens (tertiary/aromatic N) is 1. The monoisotopic (exact) mass is 307 g/mol. The van der Waals surface area contributed by atoms with Crippen molar-refractivity contribution in [1.82, 2.24) is 0 Å². The maximum atomic E-state index is 13.2. The van der Waals surface area contributed by atoms with E-state index in [0.29, 0.717) is 5.57 Å². The lowest BCUT2D eigenvalue weighted by molar-refractivity contribution is -0.149. The second kappa shape index (κ2) is 5.32. The largest absolute Gasteiger partial charge is 0.344 e. The van der Waals surface area contributed by atoms with Crippen LogP contribution in [0.3, 0.4) is 0 Å². The summed E-state index contributed by atoms with van der Waals surface area (Å²) in [5.41, 5.74) is -0.826. The van der Waals surface area contributed by atoms with E-state index in [0.717, 1.165) is 5.57 Å². The molecule has 0 N–H and O–H groups in total. The van der Waals surface area contributed by atoms with Gasteiger partial charge in [-0.1, -0.05) is 68.4 Å². The summed E-state index contributed by atoms with van der Waals surface area (Å²) in [5, 5.41) is 2.64. The summed E-state index contributed by atoms with van der Waals surface area (Å²) in [6, 6.07) is 0. The van der Waals surface area contributed by atoms with Crippen molar-refractivity contribution in [3.63, 3.8) is 0 Å². The van der Waals surface area contributed by atoms with Crippen molar-refractivity contribution in [3.05, 3.63) is 28.2 Å². The van der Waals surface area contributed by atoms with Crippen LogP contribution in [0.4, 0.5) is 0 Å². The molecule has 0 aromatic heterocycles. The normalized spacial score (nSPS) is 23.8. The highest BCUT2D eigenvalue weighted by Gasteiger charge is 2.55. The minimum Gasteiger partial charge on any atom is -0.344 e. The van der Waals surface area contributed by atoms with Crippen LogP contribution in [-0.4, -0.2) is 11.4 Å². The van der Waals surface area contributed by atoms with E-state index in [4.69, 9.17) is 4.84 Å². The molecule has 0 aliphatic heterocycles. The summed E-state index contributed by atoms with van der Waals surface area (Å²) in [7, 11) is 0. The molecule has 0 bridgehead atoms. The Bertz CT molecular complexity index is 536. The first-order valence-electron chi connectivity index (χ1n) is 7.68. The minimum atomic E-state index is -1.37. The smallest absolute Gasteiger partial charge is 0.226 e. The molecule has 0 amide bonds. The van der Waals surface area contributed by atoms with Crippen LogP contribution >= 0.6 is 0 Å². The SMILES string of the molecule is CC(C)(C)C1=CC(ON=O)(C(C)(C)C)C(=O)C(C(C)(C)C)=C1. The highest BCUT2D eigenvalue weighted by atomic mass is 16.7. The fourth-order valence-corrected chi connectivity index (χ4v) is 2.56. The highest BCUT2D eigenvalue weighted by Crippen LogP contribution is 2.47. The van der Waals surface area contributed by atoms with Gasteiger partial charge in [-0.05, 0) is 22.5 Å². The van der Waals surface area contributed by atoms with Crippen molar-refractivity contribution in [3.8, 4) is 0 Å². The third-order valence-corrected chi connectivity index (χ3v) is 4.21. The van der Waals surface area contributed by atoms with Gasteiger partial charge in [0.2, 0.25) is 11.4 Å². The number of carbonyl (C=O) groups excluding carboxylic acids is 1. The van der Waals surface area contributed by atoms with Gasteiger partial charge in [-0.25, -0.2) is 0 Å². The summed E-state index contributed by atoms with van der Waals surface area (Å²) in [5.74, 6) is -0.180. The predicted octanol–water partition coefficient (Wildman–Crippen LogP) is 5.00. The summed E-state index contributed by atoms with van der Waals surface area (Å²) in [4.78, 5) is 29.3. The number of hydrogen-bond donors (Lipinski definition) is 0. The molecule has 22 heavy (non-hydrogen) atoms. The molecular weight excluding hydrogens is 278 g/mol. The van der Waals surface area contributed by atoms with Crippen LogP contribution in [0.2, 0.25) is 0 Å². The standard InChI is InChI=1S/C18H29NO3/c1-15(2,3)12-10-13(16(4,5)6)14(20)18(11-12,22-19-21)17(7,8)9/h10-11H,1-9H3. The molecule has 124 valence electrons. The van der Waals surface area contributed by atoms with Gasteiger partial charge in [-0.3, -0.25) is 4.79 Å². The van der Waals surface area contributed by atoms with Gasteiger partial charge < -0.3 is 4.84 Å². The first-order valence-corrected chi connectivity index (χ1v) is 7.68. The second-order valence-electron chi connectivity index (χ2n) is 9.14. The van der Waals surface area contributed by atoms with E-state index in [-0.39, 0.29) is 16.6 Å². The molecule has 4 heteroatoms. The molecule has 0 saturated heterocycles. The van der Waals surface area contributed by atoms with Crippen molar-refractivity contribution in [2.24, 2.45) is 21.6 Å². The predicted molar refractivity (Wildman–Crippen MR) is 89.1 cm³/mol. The molecule has 0 fully saturated rings. The zero-order valence-electron chi connectivity index (χ0n) is 15.3. The molecule has 1 atom stereocenters. The van der Waals surface area contributed by atoms with Crippen LogP contribution < -0.4 is 0 Å². The van der Waals surface area contributed by atoms with E-state index in [2.05, 4.69) is 26.1 Å². The quantitative estimate of drug-likeness (QED) is 0.533. The summed E-state index contributed by atoms with van der Waals surface area (Å²) >= 11 is 0. The van der Waals surface area contributed by atoms with Crippen LogP contribution in [0.1, 0.15) is 62.3 Å². The summed E-state index contributed by atoms with van der Waals surface area (Å²) < 4.78 is 0. The summed E-state index contributed by atoms with van der Waals surface area (Å²) in [6.45, 7) is 17.9. The van der Waals surface area contributed by atoms with Crippen molar-refractivity contribution in [1.29, 1.82) is 0 Å². The van der Waals surface area contributed by atoms with E-state index in [9.17, 15) is 9.70 Å². The lowest BCUT2D eigenvalue weighted by atomic mass is 9.63. The van der Waals surface area contributed by atoms with Crippen LogP contribution in [-0.2, 0) is 9.63 Å². The molecule has 1 rings (SSSR count). The molecule has 0 saturated carbocycles. The number of ketones is 1. The van der Waals surface area contributed by atoms with Gasteiger partial charge >= 0.3 is 0 Å². The van der Waals surface area contributed by atoms with Crippen molar-refractivity contribution in [2.45, 2.75) is 67.9 Å². The Labute approximate surface area is 133 Å². The molecule has 0 spiro atoms. The van der Waals surface area contributed by atoms with Crippen LogP contribution in [0.25, 0.3) is 0 Å². The average molecular weight is 307 g/mol. The van der Waals surface area contributed by atoms with Gasteiger partial charge in [0, 0.05) is 11.0 Å².